The molecule has 1 heterocycles. The molecule has 2 aromatic rings. The zero-order valence-electron chi connectivity index (χ0n) is 14.8. The van der Waals surface area contributed by atoms with Crippen molar-refractivity contribution < 1.29 is 13.2 Å². The Kier molecular flexibility index (Phi) is 4.86. The lowest BCUT2D eigenvalue weighted by Gasteiger charge is -2.26. The number of benzene rings is 2. The van der Waals surface area contributed by atoms with Crippen LogP contribution in [-0.2, 0) is 16.4 Å². The van der Waals surface area contributed by atoms with E-state index >= 15 is 0 Å². The molecule has 4 nitrogen and oxygen atoms in total. The Labute approximate surface area is 158 Å². The van der Waals surface area contributed by atoms with Crippen LogP contribution in [0.3, 0.4) is 0 Å². The summed E-state index contributed by atoms with van der Waals surface area (Å²) in [5.41, 5.74) is 2.75. The van der Waals surface area contributed by atoms with E-state index in [2.05, 4.69) is 15.9 Å². The van der Waals surface area contributed by atoms with E-state index in [9.17, 15) is 8.42 Å². The van der Waals surface area contributed by atoms with Gasteiger partial charge < -0.3 is 4.74 Å². The monoisotopic (exact) mass is 423 g/mol. The molecule has 3 rings (SSSR count). The van der Waals surface area contributed by atoms with Gasteiger partial charge >= 0.3 is 0 Å². The molecule has 0 amide bonds. The number of fused-ring (bicyclic) bond motifs is 1. The van der Waals surface area contributed by atoms with Crippen molar-refractivity contribution in [2.45, 2.75) is 44.0 Å². The van der Waals surface area contributed by atoms with E-state index in [0.717, 1.165) is 21.3 Å². The maximum atomic E-state index is 13.5. The largest absolute Gasteiger partial charge is 0.495 e. The molecule has 0 aliphatic carbocycles. The summed E-state index contributed by atoms with van der Waals surface area (Å²) in [6.07, 6.45) is 0.695. The van der Waals surface area contributed by atoms with Crippen molar-refractivity contribution in [2.24, 2.45) is 0 Å². The van der Waals surface area contributed by atoms with Gasteiger partial charge in [-0.1, -0.05) is 35.8 Å². The summed E-state index contributed by atoms with van der Waals surface area (Å²) in [7, 11) is -2.22. The Morgan fingerprint density at radius 2 is 1.92 bits per heavy atom. The van der Waals surface area contributed by atoms with Crippen LogP contribution in [0.1, 0.15) is 37.8 Å². The third-order valence-corrected chi connectivity index (χ3v) is 7.03. The highest BCUT2D eigenvalue weighted by atomic mass is 79.9. The average molecular weight is 424 g/mol. The van der Waals surface area contributed by atoms with Gasteiger partial charge in [-0.25, -0.2) is 8.42 Å². The van der Waals surface area contributed by atoms with Gasteiger partial charge in [-0.05, 0) is 60.7 Å². The number of hydrogen-bond acceptors (Lipinski definition) is 3. The molecular formula is C19H22BrNO3S. The molecular weight excluding hydrogens is 402 g/mol. The minimum Gasteiger partial charge on any atom is -0.495 e. The highest BCUT2D eigenvalue weighted by Crippen LogP contribution is 2.40. The fourth-order valence-corrected chi connectivity index (χ4v) is 5.59. The first-order valence-electron chi connectivity index (χ1n) is 8.26. The molecule has 2 aromatic carbocycles. The van der Waals surface area contributed by atoms with Crippen LogP contribution in [0.5, 0.6) is 5.75 Å². The number of rotatable bonds is 4. The topological polar surface area (TPSA) is 46.6 Å². The summed E-state index contributed by atoms with van der Waals surface area (Å²) in [6.45, 7) is 6.03. The van der Waals surface area contributed by atoms with Gasteiger partial charge in [-0.2, -0.15) is 0 Å². The van der Waals surface area contributed by atoms with Gasteiger partial charge in [-0.15, -0.1) is 0 Å². The molecule has 1 aliphatic heterocycles. The lowest BCUT2D eigenvalue weighted by molar-refractivity contribution is 0.402. The third-order valence-electron chi connectivity index (χ3n) is 4.59. The van der Waals surface area contributed by atoms with Gasteiger partial charge in [0.2, 0.25) is 0 Å². The quantitative estimate of drug-likeness (QED) is 0.714. The molecule has 1 atom stereocenters. The normalized spacial score (nSPS) is 17.0. The lowest BCUT2D eigenvalue weighted by Crippen LogP contribution is -2.36. The number of sulfonamides is 1. The molecule has 0 radical (unpaired) electrons. The summed E-state index contributed by atoms with van der Waals surface area (Å²) < 4.78 is 34.8. The van der Waals surface area contributed by atoms with Gasteiger partial charge in [0.25, 0.3) is 10.0 Å². The second kappa shape index (κ2) is 6.65. The smallest absolute Gasteiger partial charge is 0.268 e. The van der Waals surface area contributed by atoms with E-state index in [-0.39, 0.29) is 16.9 Å². The van der Waals surface area contributed by atoms with E-state index in [4.69, 9.17) is 4.74 Å². The molecule has 0 saturated carbocycles. The fourth-order valence-electron chi connectivity index (χ4n) is 3.30. The summed E-state index contributed by atoms with van der Waals surface area (Å²) in [6, 6.07) is 11.0. The maximum absolute atomic E-state index is 13.5. The van der Waals surface area contributed by atoms with Crippen LogP contribution >= 0.6 is 15.9 Å². The van der Waals surface area contributed by atoms with Crippen molar-refractivity contribution in [1.29, 1.82) is 0 Å². The van der Waals surface area contributed by atoms with Crippen molar-refractivity contribution in [1.82, 2.24) is 0 Å². The summed E-state index contributed by atoms with van der Waals surface area (Å²) >= 11 is 3.46. The molecule has 0 bridgehead atoms. The number of hydrogen-bond donors (Lipinski definition) is 0. The predicted molar refractivity (Wildman–Crippen MR) is 104 cm³/mol. The van der Waals surface area contributed by atoms with Crippen LogP contribution in [0.15, 0.2) is 45.8 Å². The van der Waals surface area contributed by atoms with E-state index < -0.39 is 10.0 Å². The van der Waals surface area contributed by atoms with E-state index in [0.29, 0.717) is 12.2 Å². The number of anilines is 1. The zero-order valence-corrected chi connectivity index (χ0v) is 17.2. The summed E-state index contributed by atoms with van der Waals surface area (Å²) in [5, 5.41) is 0. The minimum absolute atomic E-state index is 0.137. The zero-order chi connectivity index (χ0) is 18.4. The molecule has 0 N–H and O–H groups in total. The van der Waals surface area contributed by atoms with Crippen LogP contribution in [0.2, 0.25) is 0 Å². The maximum Gasteiger partial charge on any atom is 0.268 e. The Hall–Kier alpha value is -1.53. The van der Waals surface area contributed by atoms with Crippen molar-refractivity contribution in [3.05, 3.63) is 52.0 Å². The molecule has 134 valence electrons. The first-order valence-corrected chi connectivity index (χ1v) is 10.5. The van der Waals surface area contributed by atoms with Crippen molar-refractivity contribution in [2.75, 3.05) is 11.4 Å². The Morgan fingerprint density at radius 3 is 2.56 bits per heavy atom. The van der Waals surface area contributed by atoms with Gasteiger partial charge in [0.05, 0.1) is 12.8 Å². The first kappa shape index (κ1) is 18.3. The van der Waals surface area contributed by atoms with Crippen LogP contribution in [0.25, 0.3) is 0 Å². The highest BCUT2D eigenvalue weighted by molar-refractivity contribution is 9.10. The Bertz CT molecular complexity index is 909. The van der Waals surface area contributed by atoms with Crippen LogP contribution in [-0.4, -0.2) is 21.6 Å². The lowest BCUT2D eigenvalue weighted by atomic mass is 10.0. The standard InChI is InChI=1S/C19H22BrNO3S/c1-12(2)14-5-8-18(24-4)19(11-14)25(22,23)21-13(3)9-15-10-16(20)6-7-17(15)21/h5-8,10-13H,9H2,1-4H3/t13-/m1/s1. The average Bonchev–Trinajstić information content (AvgIpc) is 2.89. The van der Waals surface area contributed by atoms with Gasteiger partial charge in [0.1, 0.15) is 10.6 Å². The van der Waals surface area contributed by atoms with Gasteiger partial charge in [0, 0.05) is 10.5 Å². The molecule has 0 aromatic heterocycles. The molecule has 0 saturated heterocycles. The number of ether oxygens (including phenoxy) is 1. The minimum atomic E-state index is -3.72. The second-order valence-corrected chi connectivity index (χ2v) is 9.39. The van der Waals surface area contributed by atoms with Gasteiger partial charge in [-0.3, -0.25) is 4.31 Å². The number of methoxy groups -OCH3 is 1. The molecule has 0 fully saturated rings. The fraction of sp³-hybridized carbons (Fsp3) is 0.368. The molecule has 1 aliphatic rings. The van der Waals surface area contributed by atoms with E-state index in [1.807, 2.05) is 45.0 Å². The molecule has 0 unspecified atom stereocenters. The van der Waals surface area contributed by atoms with E-state index in [1.54, 1.807) is 12.1 Å². The summed E-state index contributed by atoms with van der Waals surface area (Å²) in [4.78, 5) is 0.226. The number of nitrogens with zero attached hydrogens (tertiary/aromatic N) is 1. The highest BCUT2D eigenvalue weighted by Gasteiger charge is 2.37. The van der Waals surface area contributed by atoms with Crippen molar-refractivity contribution >= 4 is 31.6 Å². The summed E-state index contributed by atoms with van der Waals surface area (Å²) in [5.74, 6) is 0.612. The SMILES string of the molecule is COc1ccc(C(C)C)cc1S(=O)(=O)N1c2ccc(Br)cc2C[C@H]1C. The van der Waals surface area contributed by atoms with Crippen LogP contribution in [0, 0.1) is 0 Å². The first-order chi connectivity index (χ1) is 11.8. The van der Waals surface area contributed by atoms with Gasteiger partial charge in [0.15, 0.2) is 0 Å². The van der Waals surface area contributed by atoms with Crippen molar-refractivity contribution in [3.8, 4) is 5.75 Å². The molecule has 25 heavy (non-hydrogen) atoms. The van der Waals surface area contributed by atoms with E-state index in [1.165, 1.54) is 11.4 Å². The number of halogens is 1. The Balaban J connectivity index is 2.16. The second-order valence-electron chi connectivity index (χ2n) is 6.69. The predicted octanol–water partition coefficient (Wildman–Crippen LogP) is 4.72. The van der Waals surface area contributed by atoms with Crippen LogP contribution < -0.4 is 9.04 Å². The third kappa shape index (κ3) is 3.17. The van der Waals surface area contributed by atoms with Crippen LogP contribution in [0.4, 0.5) is 5.69 Å². The molecule has 0 spiro atoms. The van der Waals surface area contributed by atoms with Crippen molar-refractivity contribution in [3.63, 3.8) is 0 Å². The molecule has 6 heteroatoms. The Morgan fingerprint density at radius 1 is 1.20 bits per heavy atom.